The maximum absolute atomic E-state index is 14.9. The van der Waals surface area contributed by atoms with Crippen LogP contribution in [0.15, 0.2) is 30.3 Å². The third kappa shape index (κ3) is 4.20. The van der Waals surface area contributed by atoms with Crippen LogP contribution in [-0.2, 0) is 22.1 Å². The van der Waals surface area contributed by atoms with Gasteiger partial charge in [-0.3, -0.25) is 4.68 Å². The average Bonchev–Trinajstić information content (AvgIpc) is 3.22. The number of carbonyl (C=O) groups is 1. The van der Waals surface area contributed by atoms with Crippen LogP contribution < -0.4 is 0 Å². The molecule has 2 aliphatic rings. The molecule has 0 bridgehead atoms. The zero-order chi connectivity index (χ0) is 24.2. The minimum atomic E-state index is -5.13. The van der Waals surface area contributed by atoms with Crippen LogP contribution in [0, 0.1) is 0 Å². The van der Waals surface area contributed by atoms with E-state index < -0.39 is 78.5 Å². The van der Waals surface area contributed by atoms with Crippen molar-refractivity contribution in [3.63, 3.8) is 0 Å². The molecule has 0 aliphatic heterocycles. The predicted molar refractivity (Wildman–Crippen MR) is 99.1 cm³/mol. The van der Waals surface area contributed by atoms with Gasteiger partial charge in [-0.05, 0) is 18.6 Å². The Kier molecular flexibility index (Phi) is 5.70. The first-order valence-electron chi connectivity index (χ1n) is 10.1. The summed E-state index contributed by atoms with van der Waals surface area (Å²) in [7, 11) is 1.04. The number of halogens is 7. The number of methoxy groups -OCH3 is 1. The fourth-order valence-electron chi connectivity index (χ4n) is 4.41. The summed E-state index contributed by atoms with van der Waals surface area (Å²) in [5.41, 5.74) is -3.15. The number of hydrogen-bond acceptors (Lipinski definition) is 4. The van der Waals surface area contributed by atoms with Gasteiger partial charge in [0.25, 0.3) is 11.8 Å². The lowest BCUT2D eigenvalue weighted by Gasteiger charge is -2.35. The fourth-order valence-corrected chi connectivity index (χ4v) is 4.41. The van der Waals surface area contributed by atoms with Crippen molar-refractivity contribution in [2.24, 2.45) is 0 Å². The molecular formula is C21H19F7N2O3. The number of esters is 1. The molecule has 180 valence electrons. The molecule has 0 spiro atoms. The molecular weight excluding hydrogens is 461 g/mol. The van der Waals surface area contributed by atoms with E-state index in [1.54, 1.807) is 6.07 Å². The highest BCUT2D eigenvalue weighted by atomic mass is 19.4. The molecule has 1 heterocycles. The van der Waals surface area contributed by atoms with E-state index in [-0.39, 0.29) is 12.0 Å². The molecule has 33 heavy (non-hydrogen) atoms. The number of nitrogens with zero attached hydrogens (tertiary/aromatic N) is 2. The number of ether oxygens (including phenoxy) is 2. The highest BCUT2D eigenvalue weighted by Crippen LogP contribution is 2.52. The molecule has 2 aromatic rings. The second kappa shape index (κ2) is 8.00. The molecule has 0 saturated heterocycles. The Morgan fingerprint density at radius 2 is 1.79 bits per heavy atom. The first kappa shape index (κ1) is 23.5. The van der Waals surface area contributed by atoms with E-state index in [1.165, 1.54) is 24.3 Å². The molecule has 12 heteroatoms. The van der Waals surface area contributed by atoms with Crippen LogP contribution >= 0.6 is 0 Å². The molecule has 1 aromatic carbocycles. The summed E-state index contributed by atoms with van der Waals surface area (Å²) < 4.78 is 109. The molecule has 3 atom stereocenters. The van der Waals surface area contributed by atoms with Crippen LogP contribution in [0.5, 0.6) is 0 Å². The second-order valence-corrected chi connectivity index (χ2v) is 8.15. The largest absolute Gasteiger partial charge is 0.447 e. The summed E-state index contributed by atoms with van der Waals surface area (Å²) in [6, 6.07) is 5.98. The first-order chi connectivity index (χ1) is 15.3. The Bertz CT molecular complexity index is 1040. The normalized spacial score (nSPS) is 26.1. The third-order valence-corrected chi connectivity index (χ3v) is 6.00. The van der Waals surface area contributed by atoms with Gasteiger partial charge in [-0.25, -0.2) is 22.4 Å². The Labute approximate surface area is 183 Å². The standard InChI is InChI=1S/C21H19F7N2O3/c1-32-14-9-12(7-8-19(14,22)23)30-13-10-20(24,25)17(15(13)16(29-30)21(26,27)28)33-18(31)11-5-3-2-4-6-11/h2-6,12,14,17H,7-10H2,1H3/t12-,14-,17+/m1/s1. The lowest BCUT2D eigenvalue weighted by atomic mass is 9.89. The molecule has 1 aromatic heterocycles. The zero-order valence-corrected chi connectivity index (χ0v) is 17.2. The van der Waals surface area contributed by atoms with Crippen LogP contribution in [0.4, 0.5) is 30.7 Å². The van der Waals surface area contributed by atoms with Gasteiger partial charge in [0.2, 0.25) is 0 Å². The van der Waals surface area contributed by atoms with Crippen LogP contribution in [0.3, 0.4) is 0 Å². The number of benzene rings is 1. The lowest BCUT2D eigenvalue weighted by Crippen LogP contribution is -2.42. The number of hydrogen-bond donors (Lipinski definition) is 0. The van der Waals surface area contributed by atoms with Gasteiger partial charge >= 0.3 is 12.1 Å². The predicted octanol–water partition coefficient (Wildman–Crippen LogP) is 5.37. The van der Waals surface area contributed by atoms with Gasteiger partial charge in [0, 0.05) is 20.0 Å². The molecule has 4 rings (SSSR count). The van der Waals surface area contributed by atoms with E-state index in [0.29, 0.717) is 0 Å². The molecule has 0 radical (unpaired) electrons. The van der Waals surface area contributed by atoms with Crippen molar-refractivity contribution in [2.75, 3.05) is 7.11 Å². The van der Waals surface area contributed by atoms with Crippen LogP contribution in [-0.4, -0.2) is 40.8 Å². The average molecular weight is 480 g/mol. The highest BCUT2D eigenvalue weighted by molar-refractivity contribution is 5.89. The van der Waals surface area contributed by atoms with Gasteiger partial charge in [0.05, 0.1) is 29.3 Å². The van der Waals surface area contributed by atoms with Crippen molar-refractivity contribution < 1.29 is 45.0 Å². The third-order valence-electron chi connectivity index (χ3n) is 6.00. The molecule has 5 nitrogen and oxygen atoms in total. The molecule has 1 saturated carbocycles. The maximum atomic E-state index is 14.9. The summed E-state index contributed by atoms with van der Waals surface area (Å²) in [5, 5.41) is 3.51. The highest BCUT2D eigenvalue weighted by Gasteiger charge is 2.58. The SMILES string of the molecule is CO[C@@H]1C[C@H](n2nc(C(F)(F)F)c3c2CC(F)(F)[C@H]3OC(=O)c2ccccc2)CCC1(F)F. The van der Waals surface area contributed by atoms with E-state index in [0.717, 1.165) is 11.8 Å². The van der Waals surface area contributed by atoms with Crippen molar-refractivity contribution in [3.8, 4) is 0 Å². The molecule has 0 N–H and O–H groups in total. The summed E-state index contributed by atoms with van der Waals surface area (Å²) in [6.07, 6.45) is -11.8. The Hall–Kier alpha value is -2.63. The number of carbonyl (C=O) groups excluding carboxylic acids is 1. The lowest BCUT2D eigenvalue weighted by molar-refractivity contribution is -0.156. The fraction of sp³-hybridized carbons (Fsp3) is 0.524. The zero-order valence-electron chi connectivity index (χ0n) is 17.2. The van der Waals surface area contributed by atoms with E-state index in [9.17, 15) is 35.5 Å². The van der Waals surface area contributed by atoms with Gasteiger partial charge in [0.1, 0.15) is 6.10 Å². The molecule has 0 amide bonds. The van der Waals surface area contributed by atoms with E-state index in [2.05, 4.69) is 5.10 Å². The molecule has 2 aliphatic carbocycles. The van der Waals surface area contributed by atoms with Crippen LogP contribution in [0.25, 0.3) is 0 Å². The minimum absolute atomic E-state index is 0.111. The van der Waals surface area contributed by atoms with Crippen molar-refractivity contribution in [2.45, 2.75) is 62.0 Å². The number of alkyl halides is 7. The summed E-state index contributed by atoms with van der Waals surface area (Å²) in [4.78, 5) is 12.4. The van der Waals surface area contributed by atoms with Gasteiger partial charge in [-0.15, -0.1) is 0 Å². The maximum Gasteiger partial charge on any atom is 0.435 e. The van der Waals surface area contributed by atoms with Gasteiger partial charge < -0.3 is 9.47 Å². The van der Waals surface area contributed by atoms with Gasteiger partial charge in [-0.1, -0.05) is 18.2 Å². The quantitative estimate of drug-likeness (QED) is 0.437. The van der Waals surface area contributed by atoms with E-state index in [4.69, 9.17) is 9.47 Å². The van der Waals surface area contributed by atoms with Gasteiger partial charge in [0.15, 0.2) is 11.8 Å². The van der Waals surface area contributed by atoms with Crippen LogP contribution in [0.1, 0.15) is 58.7 Å². The number of fused-ring (bicyclic) bond motifs is 1. The van der Waals surface area contributed by atoms with E-state index >= 15 is 0 Å². The Morgan fingerprint density at radius 1 is 1.12 bits per heavy atom. The summed E-state index contributed by atoms with van der Waals surface area (Å²) in [5.74, 6) is -8.27. The van der Waals surface area contributed by atoms with Crippen molar-refractivity contribution in [3.05, 3.63) is 52.8 Å². The number of aromatic nitrogens is 2. The summed E-state index contributed by atoms with van der Waals surface area (Å²) >= 11 is 0. The van der Waals surface area contributed by atoms with Crippen molar-refractivity contribution >= 4 is 5.97 Å². The topological polar surface area (TPSA) is 53.4 Å². The van der Waals surface area contributed by atoms with E-state index in [1.807, 2.05) is 0 Å². The first-order valence-corrected chi connectivity index (χ1v) is 10.1. The van der Waals surface area contributed by atoms with Crippen molar-refractivity contribution in [1.29, 1.82) is 0 Å². The monoisotopic (exact) mass is 480 g/mol. The Morgan fingerprint density at radius 3 is 2.39 bits per heavy atom. The van der Waals surface area contributed by atoms with Gasteiger partial charge in [-0.2, -0.15) is 18.3 Å². The smallest absolute Gasteiger partial charge is 0.435 e. The second-order valence-electron chi connectivity index (χ2n) is 8.15. The summed E-state index contributed by atoms with van der Waals surface area (Å²) in [6.45, 7) is 0. The van der Waals surface area contributed by atoms with Crippen LogP contribution in [0.2, 0.25) is 0 Å². The number of rotatable bonds is 4. The Balaban J connectivity index is 1.74. The molecule has 1 fully saturated rings. The molecule has 0 unspecified atom stereocenters. The van der Waals surface area contributed by atoms with Crippen molar-refractivity contribution in [1.82, 2.24) is 9.78 Å². The minimum Gasteiger partial charge on any atom is -0.447 e.